The van der Waals surface area contributed by atoms with Crippen molar-refractivity contribution in [1.82, 2.24) is 0 Å². The minimum Gasteiger partial charge on any atom is -0.481 e. The number of alkyl halides is 8. The van der Waals surface area contributed by atoms with Crippen molar-refractivity contribution in [3.63, 3.8) is 0 Å². The second-order valence-electron chi connectivity index (χ2n) is 34.4. The Kier molecular flexibility index (Phi) is 19.9. The van der Waals surface area contributed by atoms with Crippen LogP contribution in [-0.4, -0.2) is 78.6 Å². The lowest BCUT2D eigenvalue weighted by Gasteiger charge is -2.63. The van der Waals surface area contributed by atoms with Crippen LogP contribution in [0.2, 0.25) is 0 Å². The first-order valence-electron chi connectivity index (χ1n) is 36.0. The highest BCUT2D eigenvalue weighted by molar-refractivity contribution is 5.69. The lowest BCUT2D eigenvalue weighted by Crippen LogP contribution is -2.61. The number of aliphatic hydroxyl groups excluding tert-OH is 1. The lowest BCUT2D eigenvalue weighted by atomic mass is 9.43. The van der Waals surface area contributed by atoms with E-state index in [0.717, 1.165) is 109 Å². The summed E-state index contributed by atoms with van der Waals surface area (Å²) in [6.45, 7) is 18.3. The van der Waals surface area contributed by atoms with Gasteiger partial charge in [0, 0.05) is 54.8 Å². The van der Waals surface area contributed by atoms with Crippen molar-refractivity contribution in [3.8, 4) is 0 Å². The van der Waals surface area contributed by atoms with Gasteiger partial charge in [0.05, 0.1) is 20.3 Å². The summed E-state index contributed by atoms with van der Waals surface area (Å²) in [6.07, 6.45) is 17.8. The average molecular weight is 1270 g/mol. The highest BCUT2D eigenvalue weighted by Gasteiger charge is 2.74. The van der Waals surface area contributed by atoms with Gasteiger partial charge in [0.1, 0.15) is 12.3 Å². The third-order valence-corrected chi connectivity index (χ3v) is 31.3. The number of ether oxygens (including phenoxy) is 2. The van der Waals surface area contributed by atoms with Gasteiger partial charge in [0.2, 0.25) is 0 Å². The number of rotatable bonds is 12. The van der Waals surface area contributed by atoms with Crippen molar-refractivity contribution in [2.24, 2.45) is 139 Å². The van der Waals surface area contributed by atoms with Gasteiger partial charge in [-0.1, -0.05) is 62.3 Å². The minimum absolute atomic E-state index is 0.00238. The zero-order valence-electron chi connectivity index (χ0n) is 56.3. The number of esters is 2. The predicted molar refractivity (Wildman–Crippen MR) is 329 cm³/mol. The van der Waals surface area contributed by atoms with Crippen LogP contribution in [0.3, 0.4) is 0 Å². The molecule has 12 fully saturated rings. The molecule has 12 rings (SSSR count). The Morgan fingerprint density at radius 2 is 0.730 bits per heavy atom. The summed E-state index contributed by atoms with van der Waals surface area (Å²) < 4.78 is 134. The zero-order valence-corrected chi connectivity index (χ0v) is 56.3. The molecule has 510 valence electrons. The summed E-state index contributed by atoms with van der Waals surface area (Å²) >= 11 is 0. The van der Waals surface area contributed by atoms with Gasteiger partial charge < -0.3 is 19.7 Å². The largest absolute Gasteiger partial charge is 0.481 e. The van der Waals surface area contributed by atoms with Gasteiger partial charge in [-0.3, -0.25) is 14.4 Å². The third-order valence-electron chi connectivity index (χ3n) is 31.3. The van der Waals surface area contributed by atoms with Crippen LogP contribution in [0.15, 0.2) is 0 Å². The van der Waals surface area contributed by atoms with Crippen molar-refractivity contribution in [3.05, 3.63) is 0 Å². The fourth-order valence-electron chi connectivity index (χ4n) is 26.1. The van der Waals surface area contributed by atoms with E-state index in [0.29, 0.717) is 81.5 Å². The Morgan fingerprint density at radius 3 is 1.04 bits per heavy atom. The predicted octanol–water partition coefficient (Wildman–Crippen LogP) is 19.4. The van der Waals surface area contributed by atoms with Crippen molar-refractivity contribution in [2.45, 2.75) is 291 Å². The molecule has 0 aromatic rings. The van der Waals surface area contributed by atoms with E-state index in [1.807, 2.05) is 34.6 Å². The molecule has 0 bridgehead atoms. The van der Waals surface area contributed by atoms with E-state index in [2.05, 4.69) is 27.7 Å². The molecule has 0 amide bonds. The van der Waals surface area contributed by atoms with E-state index in [9.17, 15) is 28.3 Å². The topological polar surface area (TPSA) is 110 Å². The molecular weight excluding hydrogens is 1150 g/mol. The Balaban J connectivity index is 0.000000147. The summed E-state index contributed by atoms with van der Waals surface area (Å²) in [6, 6.07) is 0. The first-order chi connectivity index (χ1) is 41.6. The number of fused-ring (bicyclic) bond motifs is 15. The molecule has 0 aliphatic heterocycles. The monoisotopic (exact) mass is 1270 g/mol. The smallest absolute Gasteiger partial charge is 0.305 e. The van der Waals surface area contributed by atoms with E-state index in [-0.39, 0.29) is 143 Å². The molecule has 12 aliphatic rings. The van der Waals surface area contributed by atoms with Crippen molar-refractivity contribution in [1.29, 1.82) is 0 Å². The van der Waals surface area contributed by atoms with Crippen molar-refractivity contribution < 1.29 is 69.2 Å². The molecule has 0 aromatic heterocycles. The summed E-state index contributed by atoms with van der Waals surface area (Å²) in [5.74, 6) is -7.40. The Hall–Kier alpha value is -2.19. The number of carboxylic acid groups (broad SMARTS) is 1. The fraction of sp³-hybridized carbons (Fsp3) is 0.959. The van der Waals surface area contributed by atoms with Gasteiger partial charge in [-0.05, 0) is 277 Å². The Morgan fingerprint density at radius 1 is 0.427 bits per heavy atom. The maximum atomic E-state index is 16.1. The number of aliphatic carboxylic acids is 1. The number of carboxylic acids is 1. The first-order valence-corrected chi connectivity index (χ1v) is 36.0. The van der Waals surface area contributed by atoms with Crippen LogP contribution >= 0.6 is 0 Å². The van der Waals surface area contributed by atoms with E-state index >= 15 is 26.3 Å². The van der Waals surface area contributed by atoms with Crippen LogP contribution < -0.4 is 0 Å². The van der Waals surface area contributed by atoms with Gasteiger partial charge in [0.15, 0.2) is 0 Å². The molecule has 0 heterocycles. The van der Waals surface area contributed by atoms with Crippen LogP contribution in [0.25, 0.3) is 0 Å². The Labute approximate surface area is 529 Å². The quantitative estimate of drug-likeness (QED) is 0.148. The number of carbonyl (C=O) groups is 3. The molecule has 0 aromatic carbocycles. The van der Waals surface area contributed by atoms with Crippen LogP contribution in [0.1, 0.15) is 255 Å². The molecule has 0 spiro atoms. The molecule has 7 nitrogen and oxygen atoms in total. The van der Waals surface area contributed by atoms with Crippen LogP contribution in [-0.2, 0) is 23.9 Å². The number of hydrogen-bond acceptors (Lipinski definition) is 6. The van der Waals surface area contributed by atoms with E-state index in [1.165, 1.54) is 14.2 Å². The third kappa shape index (κ3) is 11.7. The Bertz CT molecular complexity index is 2400. The molecular formula is C74H116F8O7. The maximum Gasteiger partial charge on any atom is 0.305 e. The van der Waals surface area contributed by atoms with Gasteiger partial charge in [-0.15, -0.1) is 0 Å². The summed E-state index contributed by atoms with van der Waals surface area (Å²) in [5.41, 5.74) is -3.34. The SMILES string of the molecule is COC(=O)CC[C@@H](C)C1CC[C@H]2[C@@H]3CC[C@@H]4C[C@@H](F)CC[C@]4(C)[C@H]3CC(F)(F)[C@]12C.COC(=O)CC[C@@H](C)C1CC[C@H]2[C@@H]3CC[C@@H]4C[C@H](O)CC[C@]4(C)[C@H]3CC(F)(F)[C@]12C.C[C@H](CCC(=O)O)C1CC[C@H]2[C@@H]3CC[C@@H]4C[C@@H](F)CC[C@]4(C)[C@H]3CC(F)(F)[C@]12C. The number of halogens is 8. The van der Waals surface area contributed by atoms with Crippen LogP contribution in [0.5, 0.6) is 0 Å². The standard InChI is InChI=1S/C25H39F3O2.C25H40F2O3.C24H37F3O2/c1-15(5-10-22(29)30-4)19-8-9-20-18-7-6-16-13-17(26)11-12-23(16,2)21(18)14-25(27,28)24(19,20)3;1-15(5-10-22(29)30-4)19-8-9-20-18-7-6-16-13-17(28)11-12-23(16,2)21(18)14-25(26,27)24(19,20)3;1-14(4-9-21(28)29)18-7-8-19-17-6-5-15-12-16(25)10-11-22(15,2)20(17)13-24(26,27)23(18,19)3/h15-21H,5-14H2,1-4H3;15-21,28H,5-14H2,1-4H3;14-20H,4-13H2,1-3H3,(H,28,29)/t15-,16-,17+,18+,19?,20+,21+,23+,24-;15-,16-,17-,18+,19?,20+,21+,23+,24-;14-,15-,16+,17+,18?,19+,20+,22+,23-/m111/s1. The molecule has 27 atom stereocenters. The zero-order chi connectivity index (χ0) is 65.0. The molecule has 2 N–H and O–H groups in total. The minimum atomic E-state index is -2.74. The second kappa shape index (κ2) is 25.4. The molecule has 12 saturated carbocycles. The van der Waals surface area contributed by atoms with Crippen LogP contribution in [0, 0.1) is 139 Å². The van der Waals surface area contributed by atoms with E-state index in [1.54, 1.807) is 0 Å². The number of hydrogen-bond donors (Lipinski definition) is 2. The molecule has 15 heteroatoms. The van der Waals surface area contributed by atoms with Gasteiger partial charge in [0.25, 0.3) is 17.8 Å². The van der Waals surface area contributed by atoms with Gasteiger partial charge >= 0.3 is 17.9 Å². The maximum absolute atomic E-state index is 16.1. The summed E-state index contributed by atoms with van der Waals surface area (Å²) in [5, 5.41) is 19.2. The van der Waals surface area contributed by atoms with Crippen LogP contribution in [0.4, 0.5) is 35.1 Å². The highest BCUT2D eigenvalue weighted by atomic mass is 19.3. The van der Waals surface area contributed by atoms with E-state index < -0.39 is 52.3 Å². The molecule has 12 aliphatic carbocycles. The lowest BCUT2D eigenvalue weighted by molar-refractivity contribution is -0.246. The second-order valence-corrected chi connectivity index (χ2v) is 34.4. The number of carbonyl (C=O) groups excluding carboxylic acids is 2. The van der Waals surface area contributed by atoms with Crippen molar-refractivity contribution >= 4 is 17.9 Å². The number of aliphatic hydroxyl groups is 1. The van der Waals surface area contributed by atoms with Gasteiger partial charge in [-0.2, -0.15) is 0 Å². The molecule has 89 heavy (non-hydrogen) atoms. The van der Waals surface area contributed by atoms with Gasteiger partial charge in [-0.25, -0.2) is 35.1 Å². The summed E-state index contributed by atoms with van der Waals surface area (Å²) in [4.78, 5) is 34.2. The first kappa shape index (κ1) is 69.6. The number of methoxy groups -OCH3 is 2. The fourth-order valence-corrected chi connectivity index (χ4v) is 26.1. The molecule has 3 unspecified atom stereocenters. The van der Waals surface area contributed by atoms with E-state index in [4.69, 9.17) is 14.6 Å². The highest BCUT2D eigenvalue weighted by Crippen LogP contribution is 2.76. The molecule has 0 radical (unpaired) electrons. The average Bonchev–Trinajstić information content (AvgIpc) is 1.69. The normalized spacial score (nSPS) is 48.7. The summed E-state index contributed by atoms with van der Waals surface area (Å²) in [7, 11) is 2.76. The molecule has 0 saturated heterocycles. The van der Waals surface area contributed by atoms with Crippen molar-refractivity contribution in [2.75, 3.05) is 14.2 Å².